The van der Waals surface area contributed by atoms with Gasteiger partial charge in [0, 0.05) is 18.9 Å². The van der Waals surface area contributed by atoms with Gasteiger partial charge in [-0.15, -0.1) is 0 Å². The molecule has 7 nitrogen and oxygen atoms in total. The third-order valence-corrected chi connectivity index (χ3v) is 2.64. The van der Waals surface area contributed by atoms with E-state index in [-0.39, 0.29) is 6.42 Å². The van der Waals surface area contributed by atoms with E-state index in [1.54, 1.807) is 38.6 Å². The maximum Gasteiger partial charge on any atom is 0.408 e. The van der Waals surface area contributed by atoms with Gasteiger partial charge < -0.3 is 19.7 Å². The summed E-state index contributed by atoms with van der Waals surface area (Å²) in [5, 5.41) is 11.5. The molecule has 1 atom stereocenters. The Morgan fingerprint density at radius 1 is 1.50 bits per heavy atom. The van der Waals surface area contributed by atoms with Crippen LogP contribution >= 0.6 is 0 Å². The molecule has 1 rings (SSSR count). The molecule has 1 heterocycles. The summed E-state index contributed by atoms with van der Waals surface area (Å²) in [7, 11) is 1.77. The first-order valence-electron chi connectivity index (χ1n) is 6.29. The van der Waals surface area contributed by atoms with Gasteiger partial charge in [0.25, 0.3) is 0 Å². The zero-order valence-corrected chi connectivity index (χ0v) is 12.4. The summed E-state index contributed by atoms with van der Waals surface area (Å²) in [6.45, 7) is 7.07. The van der Waals surface area contributed by atoms with E-state index in [2.05, 4.69) is 10.3 Å². The quantitative estimate of drug-likeness (QED) is 0.878. The van der Waals surface area contributed by atoms with Crippen molar-refractivity contribution in [3.63, 3.8) is 0 Å². The van der Waals surface area contributed by atoms with Crippen LogP contribution in [0, 0.1) is 6.92 Å². The van der Waals surface area contributed by atoms with Crippen LogP contribution in [-0.4, -0.2) is 32.3 Å². The van der Waals surface area contributed by atoms with E-state index in [4.69, 9.17) is 9.84 Å². The van der Waals surface area contributed by atoms with Crippen LogP contribution in [0.15, 0.2) is 6.20 Å². The molecule has 0 saturated heterocycles. The molecule has 1 amide bonds. The van der Waals surface area contributed by atoms with Crippen LogP contribution < -0.4 is 5.32 Å². The lowest BCUT2D eigenvalue weighted by Gasteiger charge is -2.23. The van der Waals surface area contributed by atoms with Crippen molar-refractivity contribution in [2.75, 3.05) is 0 Å². The number of aliphatic carboxylic acids is 1. The Hall–Kier alpha value is -2.05. The molecule has 0 spiro atoms. The van der Waals surface area contributed by atoms with Gasteiger partial charge in [0.1, 0.15) is 17.5 Å². The third kappa shape index (κ3) is 4.56. The number of ether oxygens (including phenoxy) is 1. The molecule has 7 heteroatoms. The smallest absolute Gasteiger partial charge is 0.408 e. The first-order chi connectivity index (χ1) is 9.10. The molecular formula is C13H21N3O4. The standard InChI is InChI=1S/C13H21N3O4/c1-8-7-14-11(16(8)5)9(6-10(17)18)15-12(19)20-13(2,3)4/h7,9H,6H2,1-5H3,(H,15,19)(H,17,18). The fourth-order valence-corrected chi connectivity index (χ4v) is 1.67. The van der Waals surface area contributed by atoms with E-state index in [1.165, 1.54) is 0 Å². The first-order valence-corrected chi connectivity index (χ1v) is 6.29. The maximum absolute atomic E-state index is 11.8. The predicted octanol–water partition coefficient (Wildman–Crippen LogP) is 1.77. The number of nitrogens with zero attached hydrogens (tertiary/aromatic N) is 2. The lowest BCUT2D eigenvalue weighted by atomic mass is 10.2. The van der Waals surface area contributed by atoms with Crippen molar-refractivity contribution in [3.8, 4) is 0 Å². The number of aryl methyl sites for hydroxylation is 1. The summed E-state index contributed by atoms with van der Waals surface area (Å²) in [6, 6.07) is -0.735. The molecule has 20 heavy (non-hydrogen) atoms. The molecule has 1 unspecified atom stereocenters. The summed E-state index contributed by atoms with van der Waals surface area (Å²) < 4.78 is 6.88. The molecule has 0 aliphatic carbocycles. The highest BCUT2D eigenvalue weighted by Crippen LogP contribution is 2.17. The number of amides is 1. The first kappa shape index (κ1) is 16.0. The maximum atomic E-state index is 11.8. The van der Waals surface area contributed by atoms with Crippen molar-refractivity contribution in [1.82, 2.24) is 14.9 Å². The van der Waals surface area contributed by atoms with Gasteiger partial charge in [0.15, 0.2) is 0 Å². The molecule has 0 fully saturated rings. The van der Waals surface area contributed by atoms with Gasteiger partial charge in [-0.25, -0.2) is 9.78 Å². The Kier molecular flexibility index (Phi) is 4.75. The number of carbonyl (C=O) groups excluding carboxylic acids is 1. The van der Waals surface area contributed by atoms with Gasteiger partial charge in [0.2, 0.25) is 0 Å². The SMILES string of the molecule is Cc1cnc(C(CC(=O)O)NC(=O)OC(C)(C)C)n1C. The van der Waals surface area contributed by atoms with Crippen LogP contribution in [0.5, 0.6) is 0 Å². The normalized spacial score (nSPS) is 12.8. The number of carboxylic acid groups (broad SMARTS) is 1. The summed E-state index contributed by atoms with van der Waals surface area (Å²) in [5.41, 5.74) is 0.233. The van der Waals surface area contributed by atoms with Crippen molar-refractivity contribution in [3.05, 3.63) is 17.7 Å². The molecule has 0 bridgehead atoms. The second kappa shape index (κ2) is 5.94. The van der Waals surface area contributed by atoms with Crippen LogP contribution in [0.4, 0.5) is 4.79 Å². The fourth-order valence-electron chi connectivity index (χ4n) is 1.67. The number of carboxylic acids is 1. The Balaban J connectivity index is 2.88. The van der Waals surface area contributed by atoms with Crippen molar-refractivity contribution >= 4 is 12.1 Å². The summed E-state index contributed by atoms with van der Waals surface area (Å²) in [4.78, 5) is 26.9. The Morgan fingerprint density at radius 3 is 2.50 bits per heavy atom. The fraction of sp³-hybridized carbons (Fsp3) is 0.615. The van der Waals surface area contributed by atoms with Crippen molar-refractivity contribution < 1.29 is 19.4 Å². The number of hydrogen-bond donors (Lipinski definition) is 2. The van der Waals surface area contributed by atoms with Crippen LogP contribution in [0.3, 0.4) is 0 Å². The molecule has 0 saturated carbocycles. The van der Waals surface area contributed by atoms with E-state index in [0.717, 1.165) is 5.69 Å². The molecule has 0 aliphatic heterocycles. The average molecular weight is 283 g/mol. The number of imidazole rings is 1. The highest BCUT2D eigenvalue weighted by atomic mass is 16.6. The van der Waals surface area contributed by atoms with Gasteiger partial charge >= 0.3 is 12.1 Å². The monoisotopic (exact) mass is 283 g/mol. The predicted molar refractivity (Wildman–Crippen MR) is 72.3 cm³/mol. The van der Waals surface area contributed by atoms with E-state index in [9.17, 15) is 9.59 Å². The van der Waals surface area contributed by atoms with E-state index in [0.29, 0.717) is 5.82 Å². The Morgan fingerprint density at radius 2 is 2.10 bits per heavy atom. The summed E-state index contributed by atoms with van der Waals surface area (Å²) >= 11 is 0. The molecule has 1 aromatic heterocycles. The number of hydrogen-bond acceptors (Lipinski definition) is 4. The Labute approximate surface area is 118 Å². The third-order valence-electron chi connectivity index (χ3n) is 2.64. The largest absolute Gasteiger partial charge is 0.481 e. The van der Waals surface area contributed by atoms with Gasteiger partial charge in [-0.05, 0) is 27.7 Å². The van der Waals surface area contributed by atoms with E-state index in [1.807, 2.05) is 6.92 Å². The number of rotatable bonds is 4. The number of nitrogens with one attached hydrogen (secondary N) is 1. The topological polar surface area (TPSA) is 93.4 Å². The molecule has 112 valence electrons. The molecule has 0 aromatic carbocycles. The van der Waals surface area contributed by atoms with E-state index < -0.39 is 23.7 Å². The Bertz CT molecular complexity index is 502. The van der Waals surface area contributed by atoms with Crippen molar-refractivity contribution in [1.29, 1.82) is 0 Å². The number of carbonyl (C=O) groups is 2. The van der Waals surface area contributed by atoms with Crippen LogP contribution in [0.25, 0.3) is 0 Å². The highest BCUT2D eigenvalue weighted by molar-refractivity contribution is 5.71. The lowest BCUT2D eigenvalue weighted by Crippen LogP contribution is -2.36. The lowest BCUT2D eigenvalue weighted by molar-refractivity contribution is -0.137. The molecule has 0 radical (unpaired) electrons. The summed E-state index contributed by atoms with van der Waals surface area (Å²) in [5.74, 6) is -0.539. The molecular weight excluding hydrogens is 262 g/mol. The van der Waals surface area contributed by atoms with Gasteiger partial charge in [-0.3, -0.25) is 4.79 Å². The zero-order valence-electron chi connectivity index (χ0n) is 12.4. The van der Waals surface area contributed by atoms with Crippen LogP contribution in [-0.2, 0) is 16.6 Å². The van der Waals surface area contributed by atoms with Crippen molar-refractivity contribution in [2.45, 2.75) is 45.8 Å². The van der Waals surface area contributed by atoms with Crippen molar-refractivity contribution in [2.24, 2.45) is 7.05 Å². The highest BCUT2D eigenvalue weighted by Gasteiger charge is 2.25. The second-order valence-corrected chi connectivity index (χ2v) is 5.61. The minimum absolute atomic E-state index is 0.260. The van der Waals surface area contributed by atoms with Gasteiger partial charge in [-0.2, -0.15) is 0 Å². The minimum Gasteiger partial charge on any atom is -0.481 e. The molecule has 1 aromatic rings. The summed E-state index contributed by atoms with van der Waals surface area (Å²) in [6.07, 6.45) is 0.703. The van der Waals surface area contributed by atoms with Gasteiger partial charge in [-0.1, -0.05) is 0 Å². The second-order valence-electron chi connectivity index (χ2n) is 5.61. The molecule has 0 aliphatic rings. The molecule has 2 N–H and O–H groups in total. The minimum atomic E-state index is -1.02. The van der Waals surface area contributed by atoms with Crippen LogP contribution in [0.1, 0.15) is 44.8 Å². The zero-order chi connectivity index (χ0) is 15.5. The van der Waals surface area contributed by atoms with Crippen LogP contribution in [0.2, 0.25) is 0 Å². The van der Waals surface area contributed by atoms with E-state index >= 15 is 0 Å². The number of aromatic nitrogens is 2. The number of alkyl carbamates (subject to hydrolysis) is 1. The van der Waals surface area contributed by atoms with Gasteiger partial charge in [0.05, 0.1) is 6.42 Å². The average Bonchev–Trinajstić information content (AvgIpc) is 2.55.